The van der Waals surface area contributed by atoms with Gasteiger partial charge >= 0.3 is 0 Å². The summed E-state index contributed by atoms with van der Waals surface area (Å²) in [5, 5.41) is 5.96. The van der Waals surface area contributed by atoms with Crippen molar-refractivity contribution in [2.24, 2.45) is 5.92 Å². The van der Waals surface area contributed by atoms with Gasteiger partial charge in [0.1, 0.15) is 11.8 Å². The molecule has 0 radical (unpaired) electrons. The van der Waals surface area contributed by atoms with Gasteiger partial charge in [0.2, 0.25) is 21.8 Å². The zero-order valence-electron chi connectivity index (χ0n) is 17.9. The Morgan fingerprint density at radius 2 is 1.78 bits per heavy atom. The number of carbonyl (C=O) groups is 2. The number of hydrogen-bond donors (Lipinski definition) is 2. The van der Waals surface area contributed by atoms with Crippen LogP contribution in [-0.4, -0.2) is 50.8 Å². The summed E-state index contributed by atoms with van der Waals surface area (Å²) in [6.07, 6.45) is 1.10. The zero-order valence-corrected chi connectivity index (χ0v) is 19.4. The van der Waals surface area contributed by atoms with Gasteiger partial charge in [0.25, 0.3) is 0 Å². The van der Waals surface area contributed by atoms with Crippen LogP contribution in [0.3, 0.4) is 0 Å². The lowest BCUT2D eigenvalue weighted by atomic mass is 9.98. The van der Waals surface area contributed by atoms with E-state index in [1.807, 2.05) is 0 Å². The third-order valence-electron chi connectivity index (χ3n) is 5.32. The predicted octanol–water partition coefficient (Wildman–Crippen LogP) is 2.89. The van der Waals surface area contributed by atoms with Gasteiger partial charge in [-0.1, -0.05) is 11.6 Å². The molecule has 172 valence electrons. The number of hydrogen-bond acceptors (Lipinski definition) is 5. The molecule has 0 bridgehead atoms. The van der Waals surface area contributed by atoms with Crippen LogP contribution in [0.2, 0.25) is 5.02 Å². The Balaban J connectivity index is 1.60. The Morgan fingerprint density at radius 1 is 1.12 bits per heavy atom. The van der Waals surface area contributed by atoms with E-state index in [9.17, 15) is 18.0 Å². The van der Waals surface area contributed by atoms with E-state index in [-0.39, 0.29) is 23.3 Å². The third-order valence-corrected chi connectivity index (χ3v) is 7.45. The van der Waals surface area contributed by atoms with Crippen LogP contribution in [0.15, 0.2) is 53.4 Å². The first-order chi connectivity index (χ1) is 15.2. The van der Waals surface area contributed by atoms with Gasteiger partial charge in [-0.25, -0.2) is 8.42 Å². The first kappa shape index (κ1) is 24.0. The Bertz CT molecular complexity index is 1060. The van der Waals surface area contributed by atoms with Crippen molar-refractivity contribution in [2.75, 3.05) is 25.5 Å². The number of piperidine rings is 1. The van der Waals surface area contributed by atoms with E-state index in [2.05, 4.69) is 10.6 Å². The summed E-state index contributed by atoms with van der Waals surface area (Å²) in [6, 6.07) is 12.0. The normalized spacial score (nSPS) is 17.9. The molecule has 3 rings (SSSR count). The quantitative estimate of drug-likeness (QED) is 0.635. The van der Waals surface area contributed by atoms with Crippen molar-refractivity contribution < 1.29 is 22.7 Å². The van der Waals surface area contributed by atoms with Crippen LogP contribution in [0.5, 0.6) is 5.75 Å². The molecular weight excluding hydrogens is 454 g/mol. The molecule has 1 aliphatic rings. The molecule has 32 heavy (non-hydrogen) atoms. The molecule has 2 N–H and O–H groups in total. The average Bonchev–Trinajstić information content (AvgIpc) is 2.80. The first-order valence-corrected chi connectivity index (χ1v) is 12.0. The highest BCUT2D eigenvalue weighted by molar-refractivity contribution is 7.89. The van der Waals surface area contributed by atoms with Gasteiger partial charge in [0, 0.05) is 23.8 Å². The van der Waals surface area contributed by atoms with Crippen molar-refractivity contribution in [2.45, 2.75) is 30.7 Å². The predicted molar refractivity (Wildman–Crippen MR) is 122 cm³/mol. The number of ether oxygens (including phenoxy) is 1. The van der Waals surface area contributed by atoms with E-state index in [0.29, 0.717) is 35.8 Å². The molecule has 10 heteroatoms. The number of sulfonamides is 1. The second-order valence-corrected chi connectivity index (χ2v) is 9.98. The fourth-order valence-corrected chi connectivity index (χ4v) is 5.10. The van der Waals surface area contributed by atoms with E-state index in [0.717, 1.165) is 0 Å². The molecule has 2 aromatic carbocycles. The van der Waals surface area contributed by atoms with Crippen LogP contribution in [0.25, 0.3) is 0 Å². The maximum absolute atomic E-state index is 13.0. The number of anilines is 1. The van der Waals surface area contributed by atoms with Gasteiger partial charge in [-0.3, -0.25) is 9.59 Å². The summed E-state index contributed by atoms with van der Waals surface area (Å²) in [7, 11) is -2.23. The van der Waals surface area contributed by atoms with Crippen LogP contribution >= 0.6 is 11.6 Å². The summed E-state index contributed by atoms with van der Waals surface area (Å²) in [4.78, 5) is 25.3. The van der Waals surface area contributed by atoms with Gasteiger partial charge in [-0.15, -0.1) is 0 Å². The largest absolute Gasteiger partial charge is 0.497 e. The lowest BCUT2D eigenvalue weighted by Crippen LogP contribution is -2.49. The number of nitrogens with zero attached hydrogens (tertiary/aromatic N) is 1. The van der Waals surface area contributed by atoms with Crippen molar-refractivity contribution >= 4 is 39.1 Å². The van der Waals surface area contributed by atoms with Crippen LogP contribution < -0.4 is 15.4 Å². The Hall–Kier alpha value is -2.62. The number of carbonyl (C=O) groups excluding carboxylic acids is 2. The number of halogens is 1. The highest BCUT2D eigenvalue weighted by Crippen LogP contribution is 2.25. The molecule has 8 nitrogen and oxygen atoms in total. The molecule has 0 spiro atoms. The number of amides is 2. The van der Waals surface area contributed by atoms with E-state index in [4.69, 9.17) is 16.3 Å². The van der Waals surface area contributed by atoms with Gasteiger partial charge in [-0.2, -0.15) is 4.31 Å². The van der Waals surface area contributed by atoms with Gasteiger partial charge in [0.15, 0.2) is 0 Å². The van der Waals surface area contributed by atoms with Crippen LogP contribution in [0.1, 0.15) is 19.8 Å². The SMILES string of the molecule is COc1ccc(S(=O)(=O)N2CCC[C@H](C(=O)N[C@@H](C)C(=O)Nc3ccc(Cl)cc3)C2)cc1. The fraction of sp³-hybridized carbons (Fsp3) is 0.364. The van der Waals surface area contributed by atoms with Crippen LogP contribution in [0, 0.1) is 5.92 Å². The lowest BCUT2D eigenvalue weighted by Gasteiger charge is -2.31. The van der Waals surface area contributed by atoms with Crippen molar-refractivity contribution in [3.8, 4) is 5.75 Å². The zero-order chi connectivity index (χ0) is 23.3. The average molecular weight is 480 g/mol. The number of methoxy groups -OCH3 is 1. The molecule has 2 amide bonds. The molecule has 1 aliphatic heterocycles. The molecular formula is C22H26ClN3O5S. The minimum absolute atomic E-state index is 0.0612. The molecule has 0 aromatic heterocycles. The minimum Gasteiger partial charge on any atom is -0.497 e. The molecule has 0 unspecified atom stereocenters. The number of nitrogens with one attached hydrogen (secondary N) is 2. The summed E-state index contributed by atoms with van der Waals surface area (Å²) in [5.74, 6) is -0.703. The first-order valence-electron chi connectivity index (χ1n) is 10.2. The van der Waals surface area contributed by atoms with Crippen molar-refractivity contribution in [1.82, 2.24) is 9.62 Å². The maximum atomic E-state index is 13.0. The van der Waals surface area contributed by atoms with Crippen molar-refractivity contribution in [1.29, 1.82) is 0 Å². The second kappa shape index (κ2) is 10.3. The third kappa shape index (κ3) is 5.79. The Labute approximate surface area is 192 Å². The van der Waals surface area contributed by atoms with E-state index in [1.165, 1.54) is 23.5 Å². The summed E-state index contributed by atoms with van der Waals surface area (Å²) in [6.45, 7) is 1.98. The summed E-state index contributed by atoms with van der Waals surface area (Å²) < 4.78 is 32.4. The molecule has 2 aromatic rings. The molecule has 1 fully saturated rings. The van der Waals surface area contributed by atoms with E-state index < -0.39 is 22.0 Å². The number of rotatable bonds is 7. The van der Waals surface area contributed by atoms with Gasteiger partial charge < -0.3 is 15.4 Å². The lowest BCUT2D eigenvalue weighted by molar-refractivity contribution is -0.129. The molecule has 0 aliphatic carbocycles. The van der Waals surface area contributed by atoms with E-state index >= 15 is 0 Å². The Morgan fingerprint density at radius 3 is 2.41 bits per heavy atom. The Kier molecular flexibility index (Phi) is 7.76. The van der Waals surface area contributed by atoms with Gasteiger partial charge in [-0.05, 0) is 68.3 Å². The topological polar surface area (TPSA) is 105 Å². The smallest absolute Gasteiger partial charge is 0.246 e. The molecule has 1 heterocycles. The highest BCUT2D eigenvalue weighted by Gasteiger charge is 2.34. The fourth-order valence-electron chi connectivity index (χ4n) is 3.45. The minimum atomic E-state index is -3.73. The summed E-state index contributed by atoms with van der Waals surface area (Å²) >= 11 is 5.84. The number of benzene rings is 2. The van der Waals surface area contributed by atoms with Gasteiger partial charge in [0.05, 0.1) is 17.9 Å². The maximum Gasteiger partial charge on any atom is 0.246 e. The molecule has 1 saturated heterocycles. The second-order valence-electron chi connectivity index (χ2n) is 7.60. The van der Waals surface area contributed by atoms with Crippen LogP contribution in [0.4, 0.5) is 5.69 Å². The van der Waals surface area contributed by atoms with Crippen molar-refractivity contribution in [3.63, 3.8) is 0 Å². The standard InChI is InChI=1S/C22H26ClN3O5S/c1-15(21(27)25-18-7-5-17(23)6-8-18)24-22(28)16-4-3-13-26(14-16)32(29,30)20-11-9-19(31-2)10-12-20/h5-12,15-16H,3-4,13-14H2,1-2H3,(H,24,28)(H,25,27)/t15-,16-/m0/s1. The van der Waals surface area contributed by atoms with E-state index in [1.54, 1.807) is 43.3 Å². The molecule has 0 saturated carbocycles. The monoisotopic (exact) mass is 479 g/mol. The molecule has 2 atom stereocenters. The summed E-state index contributed by atoms with van der Waals surface area (Å²) in [5.41, 5.74) is 0.565. The van der Waals surface area contributed by atoms with Crippen LogP contribution in [-0.2, 0) is 19.6 Å². The highest BCUT2D eigenvalue weighted by atomic mass is 35.5. The van der Waals surface area contributed by atoms with Crippen molar-refractivity contribution in [3.05, 3.63) is 53.6 Å².